The van der Waals surface area contributed by atoms with Crippen LogP contribution in [0.4, 0.5) is 5.69 Å². The first-order valence-corrected chi connectivity index (χ1v) is 6.06. The lowest BCUT2D eigenvalue weighted by Gasteiger charge is -2.18. The fourth-order valence-electron chi connectivity index (χ4n) is 1.96. The molecule has 1 aliphatic rings. The summed E-state index contributed by atoms with van der Waals surface area (Å²) in [6.45, 7) is 0.471. The first-order chi connectivity index (χ1) is 8.15. The number of halogens is 1. The molecule has 17 heavy (non-hydrogen) atoms. The lowest BCUT2D eigenvalue weighted by atomic mass is 10.1. The molecule has 0 radical (unpaired) electrons. The molecule has 0 aromatic heterocycles. The molecule has 1 atom stereocenters. The molecule has 2 rings (SSSR count). The molecule has 0 saturated carbocycles. The molecule has 1 heterocycles. The summed E-state index contributed by atoms with van der Waals surface area (Å²) in [5.74, 6) is -0.0772. The molecule has 1 unspecified atom stereocenters. The molecule has 0 spiro atoms. The minimum Gasteiger partial charge on any atom is -0.396 e. The van der Waals surface area contributed by atoms with Crippen LogP contribution in [0, 0.1) is 17.2 Å². The van der Waals surface area contributed by atoms with Crippen LogP contribution < -0.4 is 4.90 Å². The van der Waals surface area contributed by atoms with Gasteiger partial charge in [0, 0.05) is 30.0 Å². The normalized spacial score (nSPS) is 19.5. The average molecular weight is 295 g/mol. The molecular weight excluding hydrogens is 284 g/mol. The molecular formula is C12H11BrN2O2. The first-order valence-electron chi connectivity index (χ1n) is 5.26. The minimum atomic E-state index is -0.0429. The van der Waals surface area contributed by atoms with Gasteiger partial charge in [-0.1, -0.05) is 15.9 Å². The molecule has 1 N–H and O–H groups in total. The highest BCUT2D eigenvalue weighted by molar-refractivity contribution is 9.10. The van der Waals surface area contributed by atoms with E-state index in [0.29, 0.717) is 24.2 Å². The van der Waals surface area contributed by atoms with Crippen LogP contribution in [-0.2, 0) is 4.79 Å². The van der Waals surface area contributed by atoms with Crippen molar-refractivity contribution in [2.24, 2.45) is 5.92 Å². The molecule has 1 aromatic rings. The van der Waals surface area contributed by atoms with E-state index in [9.17, 15) is 4.79 Å². The molecule has 0 aliphatic carbocycles. The monoisotopic (exact) mass is 294 g/mol. The van der Waals surface area contributed by atoms with Crippen LogP contribution in [0.15, 0.2) is 22.7 Å². The Labute approximate surface area is 108 Å². The van der Waals surface area contributed by atoms with E-state index in [1.807, 2.05) is 0 Å². The minimum absolute atomic E-state index is 0.00186. The second kappa shape index (κ2) is 4.86. The number of aliphatic hydroxyl groups is 1. The highest BCUT2D eigenvalue weighted by Crippen LogP contribution is 2.30. The molecule has 1 amide bonds. The van der Waals surface area contributed by atoms with Gasteiger partial charge in [0.25, 0.3) is 0 Å². The van der Waals surface area contributed by atoms with Crippen molar-refractivity contribution in [2.75, 3.05) is 18.1 Å². The van der Waals surface area contributed by atoms with Gasteiger partial charge in [0.2, 0.25) is 5.91 Å². The number of rotatable bonds is 2. The number of nitrogens with zero attached hydrogens (tertiary/aromatic N) is 2. The number of anilines is 1. The number of carbonyl (C=O) groups is 1. The molecule has 1 saturated heterocycles. The Morgan fingerprint density at radius 2 is 2.35 bits per heavy atom. The van der Waals surface area contributed by atoms with Gasteiger partial charge < -0.3 is 10.0 Å². The van der Waals surface area contributed by atoms with Gasteiger partial charge in [-0.2, -0.15) is 5.26 Å². The van der Waals surface area contributed by atoms with Gasteiger partial charge in [-0.05, 0) is 18.2 Å². The van der Waals surface area contributed by atoms with Crippen LogP contribution in [-0.4, -0.2) is 24.2 Å². The van der Waals surface area contributed by atoms with Crippen LogP contribution in [0.1, 0.15) is 12.0 Å². The first kappa shape index (κ1) is 12.1. The highest BCUT2D eigenvalue weighted by Gasteiger charge is 2.31. The summed E-state index contributed by atoms with van der Waals surface area (Å²) in [5, 5.41) is 18.1. The summed E-state index contributed by atoms with van der Waals surface area (Å²) in [5.41, 5.74) is 1.09. The van der Waals surface area contributed by atoms with E-state index >= 15 is 0 Å². The fourth-order valence-corrected chi connectivity index (χ4v) is 2.31. The molecule has 88 valence electrons. The largest absolute Gasteiger partial charge is 0.396 e. The summed E-state index contributed by atoms with van der Waals surface area (Å²) in [7, 11) is 0. The Hall–Kier alpha value is -1.38. The van der Waals surface area contributed by atoms with E-state index in [-0.39, 0.29) is 18.4 Å². The van der Waals surface area contributed by atoms with Crippen molar-refractivity contribution in [3.8, 4) is 6.07 Å². The quantitative estimate of drug-likeness (QED) is 0.902. The number of amides is 1. The van der Waals surface area contributed by atoms with Gasteiger partial charge in [-0.15, -0.1) is 0 Å². The number of carbonyl (C=O) groups excluding carboxylic acids is 1. The number of hydrogen-bond donors (Lipinski definition) is 1. The zero-order valence-electron chi connectivity index (χ0n) is 9.06. The summed E-state index contributed by atoms with van der Waals surface area (Å²) < 4.78 is 0.826. The summed E-state index contributed by atoms with van der Waals surface area (Å²) >= 11 is 3.33. The van der Waals surface area contributed by atoms with E-state index in [1.165, 1.54) is 0 Å². The van der Waals surface area contributed by atoms with Gasteiger partial charge >= 0.3 is 0 Å². The van der Waals surface area contributed by atoms with Gasteiger partial charge in [-0.25, -0.2) is 0 Å². The highest BCUT2D eigenvalue weighted by atomic mass is 79.9. The zero-order valence-corrected chi connectivity index (χ0v) is 10.6. The maximum Gasteiger partial charge on any atom is 0.227 e. The molecule has 1 aliphatic heterocycles. The molecule has 4 nitrogen and oxygen atoms in total. The van der Waals surface area contributed by atoms with Crippen LogP contribution in [0.25, 0.3) is 0 Å². The van der Waals surface area contributed by atoms with Crippen molar-refractivity contribution < 1.29 is 9.90 Å². The van der Waals surface area contributed by atoms with E-state index in [4.69, 9.17) is 10.4 Å². The number of benzene rings is 1. The predicted molar refractivity (Wildman–Crippen MR) is 66.4 cm³/mol. The fraction of sp³-hybridized carbons (Fsp3) is 0.333. The Balaban J connectivity index is 2.37. The average Bonchev–Trinajstić information content (AvgIpc) is 2.70. The van der Waals surface area contributed by atoms with Gasteiger partial charge in [0.05, 0.1) is 11.3 Å². The van der Waals surface area contributed by atoms with Crippen molar-refractivity contribution in [1.82, 2.24) is 0 Å². The molecule has 5 heteroatoms. The maximum atomic E-state index is 11.8. The lowest BCUT2D eigenvalue weighted by Crippen LogP contribution is -2.25. The molecule has 0 bridgehead atoms. The van der Waals surface area contributed by atoms with Crippen molar-refractivity contribution in [3.63, 3.8) is 0 Å². The van der Waals surface area contributed by atoms with Crippen molar-refractivity contribution in [1.29, 1.82) is 5.26 Å². The Kier molecular flexibility index (Phi) is 3.46. The Morgan fingerprint density at radius 3 is 2.94 bits per heavy atom. The van der Waals surface area contributed by atoms with Crippen molar-refractivity contribution in [2.45, 2.75) is 6.42 Å². The van der Waals surface area contributed by atoms with Gasteiger partial charge in [0.15, 0.2) is 0 Å². The number of hydrogen-bond acceptors (Lipinski definition) is 3. The standard InChI is InChI=1S/C12H11BrN2O2/c13-10-2-1-9(5-14)11(4-10)15-6-8(7-16)3-12(15)17/h1-2,4,8,16H,3,6-7H2. The predicted octanol–water partition coefficient (Wildman–Crippen LogP) is 1.67. The van der Waals surface area contributed by atoms with Crippen LogP contribution >= 0.6 is 15.9 Å². The SMILES string of the molecule is N#Cc1ccc(Br)cc1N1CC(CO)CC1=O. The van der Waals surface area contributed by atoms with E-state index in [2.05, 4.69) is 22.0 Å². The number of aliphatic hydroxyl groups excluding tert-OH is 1. The maximum absolute atomic E-state index is 11.8. The summed E-state index contributed by atoms with van der Waals surface area (Å²) in [6.07, 6.45) is 0.341. The Morgan fingerprint density at radius 1 is 1.59 bits per heavy atom. The lowest BCUT2D eigenvalue weighted by molar-refractivity contribution is -0.117. The zero-order chi connectivity index (χ0) is 12.4. The van der Waals surface area contributed by atoms with Crippen LogP contribution in [0.2, 0.25) is 0 Å². The summed E-state index contributed by atoms with van der Waals surface area (Å²) in [4.78, 5) is 13.4. The van der Waals surface area contributed by atoms with E-state index in [1.54, 1.807) is 23.1 Å². The summed E-state index contributed by atoms with van der Waals surface area (Å²) in [6, 6.07) is 7.29. The molecule has 1 aromatic carbocycles. The second-order valence-electron chi connectivity index (χ2n) is 4.03. The van der Waals surface area contributed by atoms with E-state index in [0.717, 1.165) is 4.47 Å². The van der Waals surface area contributed by atoms with E-state index < -0.39 is 0 Å². The third-order valence-corrected chi connectivity index (χ3v) is 3.33. The van der Waals surface area contributed by atoms with Crippen molar-refractivity contribution in [3.05, 3.63) is 28.2 Å². The second-order valence-corrected chi connectivity index (χ2v) is 4.95. The van der Waals surface area contributed by atoms with Gasteiger partial charge in [-0.3, -0.25) is 4.79 Å². The van der Waals surface area contributed by atoms with Gasteiger partial charge in [0.1, 0.15) is 6.07 Å². The Bertz CT molecular complexity index is 496. The molecule has 1 fully saturated rings. The van der Waals surface area contributed by atoms with Crippen LogP contribution in [0.3, 0.4) is 0 Å². The smallest absolute Gasteiger partial charge is 0.227 e. The van der Waals surface area contributed by atoms with Crippen LogP contribution in [0.5, 0.6) is 0 Å². The van der Waals surface area contributed by atoms with Crippen molar-refractivity contribution >= 4 is 27.5 Å². The number of nitriles is 1. The third-order valence-electron chi connectivity index (χ3n) is 2.83. The third kappa shape index (κ3) is 2.33. The topological polar surface area (TPSA) is 64.3 Å².